The monoisotopic (exact) mass is 277 g/mol. The first-order valence-electron chi connectivity index (χ1n) is 7.06. The number of aliphatic hydroxyl groups is 1. The highest BCUT2D eigenvalue weighted by atomic mass is 19.1. The van der Waals surface area contributed by atoms with Gasteiger partial charge in [-0.3, -0.25) is 4.90 Å². The van der Waals surface area contributed by atoms with Crippen molar-refractivity contribution >= 4 is 11.0 Å². The standard InChI is InChI=1S/C15H20FN3O/c1-15(10-20)6-3-7-19(9-15)8-13-17-12-5-2-4-11(16)14(12)18-13/h2,4-5,20H,3,6-10H2,1H3,(H,17,18). The third-order valence-electron chi connectivity index (χ3n) is 4.13. The van der Waals surface area contributed by atoms with Crippen LogP contribution in [0.5, 0.6) is 0 Å². The first kappa shape index (κ1) is 13.5. The molecule has 1 aliphatic rings. The molecular weight excluding hydrogens is 257 g/mol. The number of nitrogens with one attached hydrogen (secondary N) is 1. The van der Waals surface area contributed by atoms with Gasteiger partial charge in [0.15, 0.2) is 5.82 Å². The molecule has 0 saturated carbocycles. The smallest absolute Gasteiger partial charge is 0.151 e. The maximum Gasteiger partial charge on any atom is 0.151 e. The molecule has 1 saturated heterocycles. The zero-order chi connectivity index (χ0) is 14.2. The Morgan fingerprint density at radius 1 is 1.50 bits per heavy atom. The van der Waals surface area contributed by atoms with E-state index in [0.717, 1.165) is 37.3 Å². The number of halogens is 1. The van der Waals surface area contributed by atoms with Crippen molar-refractivity contribution in [2.75, 3.05) is 19.7 Å². The van der Waals surface area contributed by atoms with Crippen LogP contribution in [0.4, 0.5) is 4.39 Å². The summed E-state index contributed by atoms with van der Waals surface area (Å²) in [7, 11) is 0. The number of hydrogen-bond donors (Lipinski definition) is 2. The molecule has 4 nitrogen and oxygen atoms in total. The zero-order valence-electron chi connectivity index (χ0n) is 11.7. The Balaban J connectivity index is 1.77. The Bertz CT molecular complexity index is 612. The maximum atomic E-state index is 13.6. The van der Waals surface area contributed by atoms with Gasteiger partial charge in [-0.15, -0.1) is 0 Å². The van der Waals surface area contributed by atoms with Crippen LogP contribution in [0.2, 0.25) is 0 Å². The molecule has 20 heavy (non-hydrogen) atoms. The lowest BCUT2D eigenvalue weighted by Crippen LogP contribution is -2.43. The molecule has 108 valence electrons. The van der Waals surface area contributed by atoms with Crippen LogP contribution >= 0.6 is 0 Å². The zero-order valence-corrected chi connectivity index (χ0v) is 11.7. The number of nitrogens with zero attached hydrogens (tertiary/aromatic N) is 2. The topological polar surface area (TPSA) is 52.1 Å². The average Bonchev–Trinajstić information content (AvgIpc) is 2.83. The number of imidazole rings is 1. The molecule has 1 atom stereocenters. The fourth-order valence-corrected chi connectivity index (χ4v) is 3.03. The first-order chi connectivity index (χ1) is 9.59. The molecule has 0 bridgehead atoms. The quantitative estimate of drug-likeness (QED) is 0.905. The molecule has 2 N–H and O–H groups in total. The second kappa shape index (κ2) is 5.14. The fourth-order valence-electron chi connectivity index (χ4n) is 3.03. The molecule has 1 aromatic heterocycles. The van der Waals surface area contributed by atoms with Gasteiger partial charge in [-0.1, -0.05) is 13.0 Å². The van der Waals surface area contributed by atoms with Gasteiger partial charge < -0.3 is 10.1 Å². The number of aromatic nitrogens is 2. The van der Waals surface area contributed by atoms with E-state index in [9.17, 15) is 9.50 Å². The van der Waals surface area contributed by atoms with Crippen molar-refractivity contribution in [2.45, 2.75) is 26.3 Å². The van der Waals surface area contributed by atoms with Crippen molar-refractivity contribution in [3.05, 3.63) is 29.8 Å². The summed E-state index contributed by atoms with van der Waals surface area (Å²) >= 11 is 0. The third kappa shape index (κ3) is 2.55. The fraction of sp³-hybridized carbons (Fsp3) is 0.533. The number of piperidine rings is 1. The van der Waals surface area contributed by atoms with Gasteiger partial charge in [-0.05, 0) is 31.5 Å². The van der Waals surface area contributed by atoms with Gasteiger partial charge in [0, 0.05) is 18.6 Å². The van der Waals surface area contributed by atoms with Gasteiger partial charge in [-0.2, -0.15) is 0 Å². The van der Waals surface area contributed by atoms with Crippen LogP contribution in [-0.2, 0) is 6.54 Å². The molecule has 0 radical (unpaired) electrons. The lowest BCUT2D eigenvalue weighted by Gasteiger charge is -2.38. The molecule has 3 rings (SSSR count). The van der Waals surface area contributed by atoms with Crippen LogP contribution in [-0.4, -0.2) is 39.7 Å². The summed E-state index contributed by atoms with van der Waals surface area (Å²) in [6, 6.07) is 4.95. The summed E-state index contributed by atoms with van der Waals surface area (Å²) in [5, 5.41) is 9.49. The number of rotatable bonds is 3. The van der Waals surface area contributed by atoms with Crippen LogP contribution in [0.1, 0.15) is 25.6 Å². The van der Waals surface area contributed by atoms with E-state index >= 15 is 0 Å². The van der Waals surface area contributed by atoms with E-state index in [-0.39, 0.29) is 17.8 Å². The van der Waals surface area contributed by atoms with Gasteiger partial charge in [0.25, 0.3) is 0 Å². The second-order valence-corrected chi connectivity index (χ2v) is 6.10. The SMILES string of the molecule is CC1(CO)CCCN(Cc2nc3c(F)cccc3[nH]2)C1. The third-order valence-corrected chi connectivity index (χ3v) is 4.13. The summed E-state index contributed by atoms with van der Waals surface area (Å²) in [5.74, 6) is 0.496. The van der Waals surface area contributed by atoms with Gasteiger partial charge >= 0.3 is 0 Å². The molecule has 1 fully saturated rings. The molecule has 0 spiro atoms. The molecule has 5 heteroatoms. The van der Waals surface area contributed by atoms with Gasteiger partial charge in [0.2, 0.25) is 0 Å². The van der Waals surface area contributed by atoms with Crippen molar-refractivity contribution in [1.82, 2.24) is 14.9 Å². The van der Waals surface area contributed by atoms with Crippen molar-refractivity contribution in [2.24, 2.45) is 5.41 Å². The van der Waals surface area contributed by atoms with Crippen LogP contribution in [0, 0.1) is 11.2 Å². The Kier molecular flexibility index (Phi) is 3.48. The Labute approximate surface area is 117 Å². The number of hydrogen-bond acceptors (Lipinski definition) is 3. The van der Waals surface area contributed by atoms with Crippen molar-refractivity contribution < 1.29 is 9.50 Å². The van der Waals surface area contributed by atoms with E-state index in [2.05, 4.69) is 21.8 Å². The van der Waals surface area contributed by atoms with E-state index in [1.165, 1.54) is 6.07 Å². The Hall–Kier alpha value is -1.46. The minimum absolute atomic E-state index is 0.0322. The summed E-state index contributed by atoms with van der Waals surface area (Å²) in [6.07, 6.45) is 2.13. The molecule has 0 amide bonds. The molecule has 2 heterocycles. The average molecular weight is 277 g/mol. The number of aliphatic hydroxyl groups excluding tert-OH is 1. The summed E-state index contributed by atoms with van der Waals surface area (Å²) in [5.41, 5.74) is 1.11. The summed E-state index contributed by atoms with van der Waals surface area (Å²) in [4.78, 5) is 9.79. The van der Waals surface area contributed by atoms with Crippen LogP contribution in [0.15, 0.2) is 18.2 Å². The summed E-state index contributed by atoms with van der Waals surface area (Å²) in [6.45, 7) is 4.83. The second-order valence-electron chi connectivity index (χ2n) is 6.10. The number of aromatic amines is 1. The molecular formula is C15H20FN3O. The Morgan fingerprint density at radius 3 is 3.10 bits per heavy atom. The van der Waals surface area contributed by atoms with Crippen LogP contribution in [0.3, 0.4) is 0 Å². The molecule has 2 aromatic rings. The van der Waals surface area contributed by atoms with E-state index < -0.39 is 0 Å². The van der Waals surface area contributed by atoms with E-state index in [1.54, 1.807) is 6.07 Å². The highest BCUT2D eigenvalue weighted by Gasteiger charge is 2.30. The van der Waals surface area contributed by atoms with Crippen molar-refractivity contribution in [3.8, 4) is 0 Å². The normalized spacial score (nSPS) is 24.4. The largest absolute Gasteiger partial charge is 0.396 e. The van der Waals surface area contributed by atoms with E-state index in [0.29, 0.717) is 12.1 Å². The maximum absolute atomic E-state index is 13.6. The minimum Gasteiger partial charge on any atom is -0.396 e. The lowest BCUT2D eigenvalue weighted by atomic mass is 9.83. The molecule has 1 aliphatic heterocycles. The predicted molar refractivity (Wildman–Crippen MR) is 75.8 cm³/mol. The minimum atomic E-state index is -0.288. The number of H-pyrrole nitrogens is 1. The molecule has 0 aliphatic carbocycles. The number of benzene rings is 1. The van der Waals surface area contributed by atoms with Crippen LogP contribution < -0.4 is 0 Å². The Morgan fingerprint density at radius 2 is 2.35 bits per heavy atom. The number of likely N-dealkylation sites (tertiary alicyclic amines) is 1. The molecule has 1 aromatic carbocycles. The van der Waals surface area contributed by atoms with Crippen molar-refractivity contribution in [1.29, 1.82) is 0 Å². The lowest BCUT2D eigenvalue weighted by molar-refractivity contribution is 0.0419. The van der Waals surface area contributed by atoms with E-state index in [1.807, 2.05) is 6.07 Å². The van der Waals surface area contributed by atoms with Gasteiger partial charge in [-0.25, -0.2) is 9.37 Å². The van der Waals surface area contributed by atoms with Gasteiger partial charge in [0.1, 0.15) is 11.3 Å². The van der Waals surface area contributed by atoms with Gasteiger partial charge in [0.05, 0.1) is 12.1 Å². The van der Waals surface area contributed by atoms with Crippen molar-refractivity contribution in [3.63, 3.8) is 0 Å². The number of fused-ring (bicyclic) bond motifs is 1. The number of para-hydroxylation sites is 1. The first-order valence-corrected chi connectivity index (χ1v) is 7.06. The predicted octanol–water partition coefficient (Wildman–Crippen LogP) is 2.30. The highest BCUT2D eigenvalue weighted by molar-refractivity contribution is 5.75. The highest BCUT2D eigenvalue weighted by Crippen LogP contribution is 2.29. The van der Waals surface area contributed by atoms with Crippen LogP contribution in [0.25, 0.3) is 11.0 Å². The summed E-state index contributed by atoms with van der Waals surface area (Å²) < 4.78 is 13.6. The molecule has 1 unspecified atom stereocenters. The van der Waals surface area contributed by atoms with E-state index in [4.69, 9.17) is 0 Å².